The van der Waals surface area contributed by atoms with Crippen LogP contribution in [0.4, 0.5) is 17.1 Å². The van der Waals surface area contributed by atoms with E-state index in [2.05, 4.69) is 222 Å². The molecule has 0 spiro atoms. The fourth-order valence-corrected chi connectivity index (χ4v) is 11.2. The van der Waals surface area contributed by atoms with Gasteiger partial charge in [0.1, 0.15) is 11.2 Å². The molecule has 0 radical (unpaired) electrons. The van der Waals surface area contributed by atoms with E-state index >= 15 is 0 Å². The third-order valence-electron chi connectivity index (χ3n) is 14.4. The molecular formula is C64H48N2O. The maximum absolute atomic E-state index is 6.20. The molecule has 67 heavy (non-hydrogen) atoms. The predicted octanol–water partition coefficient (Wildman–Crippen LogP) is 18.4. The lowest BCUT2D eigenvalue weighted by molar-refractivity contribution is 0.445. The van der Waals surface area contributed by atoms with E-state index in [1.165, 1.54) is 86.9 Å². The van der Waals surface area contributed by atoms with E-state index in [1.54, 1.807) is 0 Å². The van der Waals surface area contributed by atoms with Crippen molar-refractivity contribution in [2.75, 3.05) is 4.90 Å². The minimum Gasteiger partial charge on any atom is -0.456 e. The van der Waals surface area contributed by atoms with Crippen molar-refractivity contribution in [3.63, 3.8) is 0 Å². The van der Waals surface area contributed by atoms with Crippen LogP contribution in [-0.4, -0.2) is 4.57 Å². The highest BCUT2D eigenvalue weighted by molar-refractivity contribution is 6.11. The molecule has 0 bridgehead atoms. The molecule has 0 unspecified atom stereocenters. The van der Waals surface area contributed by atoms with Crippen LogP contribution in [0.1, 0.15) is 43.6 Å². The second-order valence-electron chi connectivity index (χ2n) is 18.3. The second-order valence-corrected chi connectivity index (χ2v) is 18.3. The Morgan fingerprint density at radius 1 is 0.403 bits per heavy atom. The first-order valence-electron chi connectivity index (χ1n) is 23.9. The molecule has 0 atom stereocenters. The molecule has 3 nitrogen and oxygen atoms in total. The number of hydrogen-bond acceptors (Lipinski definition) is 2. The van der Waals surface area contributed by atoms with Crippen LogP contribution in [0.25, 0.3) is 93.6 Å². The van der Waals surface area contributed by atoms with E-state index < -0.39 is 0 Å². The van der Waals surface area contributed by atoms with E-state index in [0.29, 0.717) is 5.92 Å². The molecule has 1 saturated carbocycles. The number of benzene rings is 10. The third kappa shape index (κ3) is 6.81. The highest BCUT2D eigenvalue weighted by atomic mass is 16.3. The van der Waals surface area contributed by atoms with Crippen LogP contribution >= 0.6 is 0 Å². The summed E-state index contributed by atoms with van der Waals surface area (Å²) in [6.07, 6.45) is 6.44. The summed E-state index contributed by atoms with van der Waals surface area (Å²) in [5, 5.41) is 7.47. The largest absolute Gasteiger partial charge is 0.456 e. The van der Waals surface area contributed by atoms with Gasteiger partial charge in [0.05, 0.1) is 16.7 Å². The summed E-state index contributed by atoms with van der Waals surface area (Å²) < 4.78 is 8.61. The van der Waals surface area contributed by atoms with Gasteiger partial charge in [-0.1, -0.05) is 171 Å². The van der Waals surface area contributed by atoms with E-state index in [1.807, 2.05) is 12.1 Å². The number of anilines is 3. The zero-order chi connectivity index (χ0) is 44.3. The zero-order valence-electron chi connectivity index (χ0n) is 37.3. The lowest BCUT2D eigenvalue weighted by atomic mass is 9.80. The molecule has 0 aliphatic heterocycles. The Bertz CT molecular complexity index is 3790. The molecule has 12 aromatic rings. The van der Waals surface area contributed by atoms with Crippen molar-refractivity contribution in [1.82, 2.24) is 4.57 Å². The van der Waals surface area contributed by atoms with Gasteiger partial charge >= 0.3 is 0 Å². The smallest absolute Gasteiger partial charge is 0.135 e. The third-order valence-corrected chi connectivity index (χ3v) is 14.4. The van der Waals surface area contributed by atoms with Crippen molar-refractivity contribution >= 4 is 71.6 Å². The minimum atomic E-state index is 0.572. The van der Waals surface area contributed by atoms with Gasteiger partial charge in [-0.25, -0.2) is 0 Å². The van der Waals surface area contributed by atoms with Crippen LogP contribution in [0.15, 0.2) is 229 Å². The molecule has 0 saturated heterocycles. The van der Waals surface area contributed by atoms with Gasteiger partial charge in [-0.3, -0.25) is 0 Å². The lowest BCUT2D eigenvalue weighted by Crippen LogP contribution is -2.11. The zero-order valence-corrected chi connectivity index (χ0v) is 37.3. The number of rotatable bonds is 8. The molecule has 1 aliphatic carbocycles. The molecule has 10 aromatic carbocycles. The van der Waals surface area contributed by atoms with Crippen LogP contribution in [0, 0.1) is 0 Å². The molecule has 2 heterocycles. The monoisotopic (exact) mass is 860 g/mol. The molecule has 0 amide bonds. The highest BCUT2D eigenvalue weighted by Crippen LogP contribution is 2.47. The molecular weight excluding hydrogens is 813 g/mol. The van der Waals surface area contributed by atoms with Crippen LogP contribution in [-0.2, 0) is 0 Å². The van der Waals surface area contributed by atoms with Crippen LogP contribution < -0.4 is 4.90 Å². The maximum Gasteiger partial charge on any atom is 0.135 e. The van der Waals surface area contributed by atoms with Gasteiger partial charge < -0.3 is 13.9 Å². The van der Waals surface area contributed by atoms with Crippen molar-refractivity contribution in [1.29, 1.82) is 0 Å². The lowest BCUT2D eigenvalue weighted by Gasteiger charge is -2.29. The quantitative estimate of drug-likeness (QED) is 0.152. The van der Waals surface area contributed by atoms with Gasteiger partial charge in [0.15, 0.2) is 0 Å². The molecule has 320 valence electrons. The predicted molar refractivity (Wildman–Crippen MR) is 282 cm³/mol. The fourth-order valence-electron chi connectivity index (χ4n) is 11.2. The summed E-state index contributed by atoms with van der Waals surface area (Å²) >= 11 is 0. The number of hydrogen-bond donors (Lipinski definition) is 0. The van der Waals surface area contributed by atoms with E-state index in [-0.39, 0.29) is 0 Å². The van der Waals surface area contributed by atoms with Crippen LogP contribution in [0.5, 0.6) is 0 Å². The summed E-state index contributed by atoms with van der Waals surface area (Å²) in [6, 6.07) is 82.4. The Balaban J connectivity index is 0.979. The minimum absolute atomic E-state index is 0.572. The Morgan fingerprint density at radius 3 is 1.94 bits per heavy atom. The molecule has 13 rings (SSSR count). The summed E-state index contributed by atoms with van der Waals surface area (Å²) in [4.78, 5) is 2.47. The van der Waals surface area contributed by atoms with Crippen LogP contribution in [0.3, 0.4) is 0 Å². The van der Waals surface area contributed by atoms with Crippen LogP contribution in [0.2, 0.25) is 0 Å². The average molecular weight is 861 g/mol. The standard InChI is InChI=1S/C64H48N2O/c1-3-16-44(17-4-1)52-27-14-18-45-19-15-28-57(64(45)52)54-25-8-10-29-59(54)65(50-36-32-43(33-37-50)47-35-39-63-58(41-47)56-26-9-12-31-62(56)67-63)51-23-13-20-46(40-51)48-34-38-55-53-24-7-11-30-60(53)66(61(55)42-48)49-21-5-2-6-22-49/h2,5-15,18-42,44H,1,3-4,16-17H2. The van der Waals surface area contributed by atoms with Crippen molar-refractivity contribution in [3.8, 4) is 39.1 Å². The van der Waals surface area contributed by atoms with E-state index in [9.17, 15) is 0 Å². The van der Waals surface area contributed by atoms with Crippen molar-refractivity contribution in [2.45, 2.75) is 38.0 Å². The number of para-hydroxylation sites is 4. The van der Waals surface area contributed by atoms with Gasteiger partial charge in [0.2, 0.25) is 0 Å². The first-order valence-corrected chi connectivity index (χ1v) is 23.9. The summed E-state index contributed by atoms with van der Waals surface area (Å²) in [5.41, 5.74) is 17.4. The second kappa shape index (κ2) is 16.4. The summed E-state index contributed by atoms with van der Waals surface area (Å²) in [6.45, 7) is 0. The van der Waals surface area contributed by atoms with Gasteiger partial charge in [-0.15, -0.1) is 0 Å². The SMILES string of the molecule is c1ccc(-n2c3ccccc3c3ccc(-c4cccc(N(c5ccc(-c6ccc7oc8ccccc8c7c6)cc5)c5ccccc5-c5cccc6cccc(C7CCCCC7)c56)c4)cc32)cc1. The Kier molecular flexibility index (Phi) is 9.60. The number of furan rings is 1. The van der Waals surface area contributed by atoms with Gasteiger partial charge in [0, 0.05) is 44.2 Å². The summed E-state index contributed by atoms with van der Waals surface area (Å²) in [7, 11) is 0. The molecule has 2 aromatic heterocycles. The summed E-state index contributed by atoms with van der Waals surface area (Å²) in [5.74, 6) is 0.572. The van der Waals surface area contributed by atoms with Gasteiger partial charge in [-0.05, 0) is 136 Å². The normalized spacial score (nSPS) is 13.3. The Labute approximate surface area is 390 Å². The number of nitrogens with zero attached hydrogens (tertiary/aromatic N) is 2. The number of fused-ring (bicyclic) bond motifs is 7. The number of aromatic nitrogens is 1. The topological polar surface area (TPSA) is 21.3 Å². The molecule has 0 N–H and O–H groups in total. The average Bonchev–Trinajstić information content (AvgIpc) is 3.94. The van der Waals surface area contributed by atoms with E-state index in [4.69, 9.17) is 4.42 Å². The van der Waals surface area contributed by atoms with Crippen molar-refractivity contribution in [3.05, 3.63) is 230 Å². The first kappa shape index (κ1) is 39.2. The fraction of sp³-hybridized carbons (Fsp3) is 0.0938. The first-order chi connectivity index (χ1) is 33.2. The molecule has 1 fully saturated rings. The Hall–Kier alpha value is -8.14. The molecule has 1 aliphatic rings. The maximum atomic E-state index is 6.20. The van der Waals surface area contributed by atoms with Crippen molar-refractivity contribution in [2.24, 2.45) is 0 Å². The Morgan fingerprint density at radius 2 is 1.06 bits per heavy atom. The van der Waals surface area contributed by atoms with E-state index in [0.717, 1.165) is 61.4 Å². The molecule has 3 heteroatoms. The van der Waals surface area contributed by atoms with Crippen molar-refractivity contribution < 1.29 is 4.42 Å². The highest BCUT2D eigenvalue weighted by Gasteiger charge is 2.23. The van der Waals surface area contributed by atoms with Gasteiger partial charge in [0.25, 0.3) is 0 Å². The van der Waals surface area contributed by atoms with Gasteiger partial charge in [-0.2, -0.15) is 0 Å².